The first-order chi connectivity index (χ1) is 14.0. The summed E-state index contributed by atoms with van der Waals surface area (Å²) >= 11 is 7.61. The van der Waals surface area contributed by atoms with E-state index in [0.29, 0.717) is 10.5 Å². The second kappa shape index (κ2) is 8.84. The predicted octanol–water partition coefficient (Wildman–Crippen LogP) is 4.82. The molecule has 2 fully saturated rings. The van der Waals surface area contributed by atoms with Crippen LogP contribution in [0.15, 0.2) is 26.7 Å². The Hall–Kier alpha value is -1.27. The number of allylic oxidation sites excluding steroid dienone is 1. The molecule has 0 bridgehead atoms. The van der Waals surface area contributed by atoms with Crippen molar-refractivity contribution in [2.45, 2.75) is 82.6 Å². The van der Waals surface area contributed by atoms with Crippen LogP contribution in [0.2, 0.25) is 0 Å². The molecule has 1 saturated carbocycles. The van der Waals surface area contributed by atoms with Gasteiger partial charge in [0.05, 0.1) is 16.5 Å². The molecule has 4 aliphatic rings. The summed E-state index contributed by atoms with van der Waals surface area (Å²) in [6.07, 6.45) is 9.95. The van der Waals surface area contributed by atoms with Crippen LogP contribution in [-0.2, 0) is 9.59 Å². The fourth-order valence-electron chi connectivity index (χ4n) is 4.66. The van der Waals surface area contributed by atoms with Gasteiger partial charge in [0.25, 0.3) is 11.8 Å². The van der Waals surface area contributed by atoms with Gasteiger partial charge < -0.3 is 4.90 Å². The van der Waals surface area contributed by atoms with Crippen molar-refractivity contribution in [2.24, 2.45) is 4.99 Å². The van der Waals surface area contributed by atoms with Crippen LogP contribution < -0.4 is 0 Å². The Bertz CT molecular complexity index is 796. The maximum absolute atomic E-state index is 13.3. The van der Waals surface area contributed by atoms with Gasteiger partial charge in [0.2, 0.25) is 0 Å². The van der Waals surface area contributed by atoms with E-state index >= 15 is 0 Å². The third-order valence-corrected chi connectivity index (χ3v) is 7.97. The van der Waals surface area contributed by atoms with Crippen LogP contribution in [-0.4, -0.2) is 51.8 Å². The number of rotatable bonds is 4. The topological polar surface area (TPSA) is 53.0 Å². The normalized spacial score (nSPS) is 32.0. The summed E-state index contributed by atoms with van der Waals surface area (Å²) in [7, 11) is 1.78. The molecule has 2 aliphatic carbocycles. The van der Waals surface area contributed by atoms with Crippen LogP contribution >= 0.6 is 23.4 Å². The molecule has 2 aliphatic heterocycles. The lowest BCUT2D eigenvalue weighted by Gasteiger charge is -2.22. The Morgan fingerprint density at radius 3 is 2.55 bits per heavy atom. The lowest BCUT2D eigenvalue weighted by Crippen LogP contribution is -2.29. The number of unbranched alkanes of at least 4 members (excludes halogenated alkanes) is 1. The third kappa shape index (κ3) is 4.02. The number of alkyl halides is 1. The lowest BCUT2D eigenvalue weighted by molar-refractivity contribution is -0.125. The molecule has 0 spiro atoms. The molecule has 0 aromatic heterocycles. The number of amides is 2. The van der Waals surface area contributed by atoms with Gasteiger partial charge in [-0.1, -0.05) is 13.3 Å². The second-order valence-corrected chi connectivity index (χ2v) is 10.0. The molecule has 0 unspecified atom stereocenters. The summed E-state index contributed by atoms with van der Waals surface area (Å²) in [5, 5.41) is 0.981. The maximum atomic E-state index is 13.3. The van der Waals surface area contributed by atoms with E-state index in [-0.39, 0.29) is 23.2 Å². The van der Waals surface area contributed by atoms with E-state index in [9.17, 15) is 9.59 Å². The average Bonchev–Trinajstić information content (AvgIpc) is 3.15. The molecular weight excluding hydrogens is 406 g/mol. The van der Waals surface area contributed by atoms with Crippen LogP contribution in [0.25, 0.3) is 0 Å². The molecule has 0 aromatic carbocycles. The Kier molecular flexibility index (Phi) is 6.40. The number of carbonyl (C=O) groups excluding carboxylic acids is 2. The van der Waals surface area contributed by atoms with E-state index in [1.807, 2.05) is 4.90 Å². The Morgan fingerprint density at radius 2 is 1.83 bits per heavy atom. The lowest BCUT2D eigenvalue weighted by atomic mass is 9.93. The minimum atomic E-state index is -0.0853. The molecule has 29 heavy (non-hydrogen) atoms. The Morgan fingerprint density at radius 1 is 1.10 bits per heavy atom. The van der Waals surface area contributed by atoms with Crippen LogP contribution in [0.4, 0.5) is 0 Å². The fourth-order valence-corrected chi connectivity index (χ4v) is 6.06. The van der Waals surface area contributed by atoms with Crippen LogP contribution in [0.3, 0.4) is 0 Å². The van der Waals surface area contributed by atoms with E-state index in [1.54, 1.807) is 11.9 Å². The number of halogens is 1. The van der Waals surface area contributed by atoms with Gasteiger partial charge in [-0.25, -0.2) is 0 Å². The zero-order valence-corrected chi connectivity index (χ0v) is 18.9. The summed E-state index contributed by atoms with van der Waals surface area (Å²) in [4.78, 5) is 35.5. The summed E-state index contributed by atoms with van der Waals surface area (Å²) in [6.45, 7) is 2.89. The van der Waals surface area contributed by atoms with Gasteiger partial charge in [0.15, 0.2) is 5.17 Å². The van der Waals surface area contributed by atoms with Crippen molar-refractivity contribution in [2.75, 3.05) is 13.6 Å². The third-order valence-electron chi connectivity index (χ3n) is 6.39. The van der Waals surface area contributed by atoms with Crippen LogP contribution in [0.1, 0.15) is 71.1 Å². The van der Waals surface area contributed by atoms with E-state index in [2.05, 4.69) is 6.92 Å². The molecule has 0 N–H and O–H groups in total. The maximum Gasteiger partial charge on any atom is 0.267 e. The average molecular weight is 436 g/mol. The molecular formula is C22H30ClN3O2S. The van der Waals surface area contributed by atoms with Gasteiger partial charge >= 0.3 is 0 Å². The zero-order valence-electron chi connectivity index (χ0n) is 17.4. The van der Waals surface area contributed by atoms with Crippen LogP contribution in [0.5, 0.6) is 0 Å². The van der Waals surface area contributed by atoms with Gasteiger partial charge in [-0.2, -0.15) is 0 Å². The molecule has 0 radical (unpaired) electrons. The first-order valence-electron chi connectivity index (χ1n) is 11.0. The number of carbonyl (C=O) groups is 2. The number of hydrogen-bond donors (Lipinski definition) is 0. The number of amidine groups is 1. The summed E-state index contributed by atoms with van der Waals surface area (Å²) in [5.41, 5.74) is 2.94. The van der Waals surface area contributed by atoms with Crippen molar-refractivity contribution in [3.63, 3.8) is 0 Å². The number of nitrogens with zero attached hydrogens (tertiary/aromatic N) is 3. The smallest absolute Gasteiger partial charge is 0.267 e. The standard InChI is InChI=1S/C22H30ClN3O2S/c1-3-4-13-26-17-8-6-5-7-16(17)18(20(26)27)19-21(28)25(2)22(29-19)24-15-11-9-14(23)10-12-15/h14-15H,3-13H2,1-2H3/b19-18-,24-22?. The van der Waals surface area contributed by atoms with Gasteiger partial charge in [-0.15, -0.1) is 11.6 Å². The zero-order chi connectivity index (χ0) is 20.5. The van der Waals surface area contributed by atoms with Gasteiger partial charge in [-0.05, 0) is 75.1 Å². The molecule has 2 amide bonds. The SMILES string of the molecule is CCCCN1C(=O)/C(=C2\SC(=NC3CCC(Cl)CC3)N(C)C2=O)C2=C1CCCC2. The van der Waals surface area contributed by atoms with Crippen LogP contribution in [0, 0.1) is 0 Å². The number of hydrogen-bond acceptors (Lipinski definition) is 4. The van der Waals surface area contributed by atoms with E-state index < -0.39 is 0 Å². The number of likely N-dealkylation sites (N-methyl/N-ethyl adjacent to an activating group) is 1. The fraction of sp³-hybridized carbons (Fsp3) is 0.682. The molecule has 5 nitrogen and oxygen atoms in total. The quantitative estimate of drug-likeness (QED) is 0.469. The summed E-state index contributed by atoms with van der Waals surface area (Å²) in [6, 6.07) is 0.219. The van der Waals surface area contributed by atoms with Gasteiger partial charge in [-0.3, -0.25) is 19.5 Å². The van der Waals surface area contributed by atoms with E-state index in [1.165, 1.54) is 17.5 Å². The number of thioether (sulfide) groups is 1. The van der Waals surface area contributed by atoms with Crippen molar-refractivity contribution >= 4 is 40.3 Å². The van der Waals surface area contributed by atoms with Crippen molar-refractivity contribution in [3.8, 4) is 0 Å². The highest BCUT2D eigenvalue weighted by atomic mass is 35.5. The second-order valence-electron chi connectivity index (χ2n) is 8.43. The highest BCUT2D eigenvalue weighted by Crippen LogP contribution is 2.45. The summed E-state index contributed by atoms with van der Waals surface area (Å²) < 4.78 is 0. The Balaban J connectivity index is 1.64. The highest BCUT2D eigenvalue weighted by molar-refractivity contribution is 8.18. The molecule has 0 atom stereocenters. The molecule has 1 saturated heterocycles. The monoisotopic (exact) mass is 435 g/mol. The first kappa shape index (κ1) is 21.0. The molecule has 0 aromatic rings. The minimum Gasteiger partial charge on any atom is -0.312 e. The molecule has 7 heteroatoms. The van der Waals surface area contributed by atoms with Crippen molar-refractivity contribution in [1.29, 1.82) is 0 Å². The minimum absolute atomic E-state index is 0.0264. The number of aliphatic imine (C=N–C) groups is 1. The predicted molar refractivity (Wildman–Crippen MR) is 119 cm³/mol. The molecule has 158 valence electrons. The molecule has 4 rings (SSSR count). The van der Waals surface area contributed by atoms with Crippen molar-refractivity contribution in [1.82, 2.24) is 9.80 Å². The van der Waals surface area contributed by atoms with Crippen molar-refractivity contribution in [3.05, 3.63) is 21.7 Å². The highest BCUT2D eigenvalue weighted by Gasteiger charge is 2.43. The largest absolute Gasteiger partial charge is 0.312 e. The van der Waals surface area contributed by atoms with Gasteiger partial charge in [0.1, 0.15) is 0 Å². The molecule has 2 heterocycles. The van der Waals surface area contributed by atoms with Crippen molar-refractivity contribution < 1.29 is 9.59 Å². The Labute approximate surface area is 182 Å². The summed E-state index contributed by atoms with van der Waals surface area (Å²) in [5.74, 6) is -0.0589. The van der Waals surface area contributed by atoms with E-state index in [0.717, 1.165) is 81.5 Å². The van der Waals surface area contributed by atoms with Gasteiger partial charge in [0, 0.05) is 24.7 Å². The first-order valence-corrected chi connectivity index (χ1v) is 12.2. The van der Waals surface area contributed by atoms with E-state index in [4.69, 9.17) is 16.6 Å².